The highest BCUT2D eigenvalue weighted by atomic mass is 19.1. The molecule has 0 saturated heterocycles. The lowest BCUT2D eigenvalue weighted by Gasteiger charge is -2.42. The minimum Gasteiger partial charge on any atom is -0.319 e. The average molecular weight is 211 g/mol. The van der Waals surface area contributed by atoms with Gasteiger partial charge in [0.15, 0.2) is 0 Å². The molecular weight excluding hydrogens is 196 g/mol. The summed E-state index contributed by atoms with van der Waals surface area (Å²) in [6.45, 7) is 0.788. The van der Waals surface area contributed by atoms with Gasteiger partial charge in [0.1, 0.15) is 11.6 Å². The lowest BCUT2D eigenvalue weighted by Crippen LogP contribution is -2.42. The molecular formula is C12H15F2N. The smallest absolute Gasteiger partial charge is 0.126 e. The van der Waals surface area contributed by atoms with Crippen molar-refractivity contribution >= 4 is 0 Å². The molecule has 1 saturated carbocycles. The molecule has 0 aromatic heterocycles. The molecule has 0 aliphatic heterocycles. The predicted octanol–water partition coefficient (Wildman–Crippen LogP) is 2.61. The second kappa shape index (κ2) is 3.89. The Balaban J connectivity index is 2.34. The summed E-state index contributed by atoms with van der Waals surface area (Å²) in [5, 5.41) is 3.10. The summed E-state index contributed by atoms with van der Waals surface area (Å²) < 4.78 is 26.2. The third-order valence-electron chi connectivity index (χ3n) is 3.30. The molecule has 82 valence electrons. The van der Waals surface area contributed by atoms with Crippen LogP contribution in [0.2, 0.25) is 0 Å². The van der Waals surface area contributed by atoms with Crippen molar-refractivity contribution in [1.82, 2.24) is 5.32 Å². The molecule has 0 atom stereocenters. The van der Waals surface area contributed by atoms with Crippen molar-refractivity contribution in [2.75, 3.05) is 13.6 Å². The van der Waals surface area contributed by atoms with Crippen LogP contribution in [0.15, 0.2) is 18.2 Å². The Labute approximate surface area is 88.5 Å². The van der Waals surface area contributed by atoms with Gasteiger partial charge in [0.25, 0.3) is 0 Å². The molecule has 1 aromatic carbocycles. The van der Waals surface area contributed by atoms with Crippen LogP contribution < -0.4 is 5.32 Å². The first-order valence-corrected chi connectivity index (χ1v) is 5.27. The topological polar surface area (TPSA) is 12.0 Å². The van der Waals surface area contributed by atoms with Crippen molar-refractivity contribution in [3.8, 4) is 0 Å². The van der Waals surface area contributed by atoms with E-state index < -0.39 is 11.6 Å². The van der Waals surface area contributed by atoms with Crippen LogP contribution in [0, 0.1) is 11.6 Å². The maximum absolute atomic E-state index is 13.1. The lowest BCUT2D eigenvalue weighted by atomic mass is 9.64. The molecule has 0 bridgehead atoms. The summed E-state index contributed by atoms with van der Waals surface area (Å²) in [4.78, 5) is 0. The van der Waals surface area contributed by atoms with E-state index in [-0.39, 0.29) is 5.41 Å². The quantitative estimate of drug-likeness (QED) is 0.810. The number of rotatable bonds is 3. The molecule has 0 amide bonds. The van der Waals surface area contributed by atoms with Gasteiger partial charge >= 0.3 is 0 Å². The van der Waals surface area contributed by atoms with Gasteiger partial charge in [0.05, 0.1) is 0 Å². The molecule has 0 spiro atoms. The summed E-state index contributed by atoms with van der Waals surface area (Å²) in [7, 11) is 1.87. The summed E-state index contributed by atoms with van der Waals surface area (Å²) in [6, 6.07) is 3.84. The Morgan fingerprint density at radius 1 is 1.20 bits per heavy atom. The van der Waals surface area contributed by atoms with E-state index in [9.17, 15) is 8.78 Å². The number of halogens is 2. The molecule has 0 radical (unpaired) electrons. The standard InChI is InChI=1S/C12H15F2N/c1-15-8-12(3-2-4-12)9-5-10(13)7-11(14)6-9/h5-7,15H,2-4,8H2,1H3. The molecule has 15 heavy (non-hydrogen) atoms. The van der Waals surface area contributed by atoms with Gasteiger partial charge in [-0.1, -0.05) is 6.42 Å². The highest BCUT2D eigenvalue weighted by molar-refractivity contribution is 5.30. The normalized spacial score (nSPS) is 18.6. The fraction of sp³-hybridized carbons (Fsp3) is 0.500. The Kier molecular flexibility index (Phi) is 2.74. The Hall–Kier alpha value is -0.960. The molecule has 3 heteroatoms. The minimum atomic E-state index is -0.479. The zero-order chi connectivity index (χ0) is 10.9. The van der Waals surface area contributed by atoms with Crippen LogP contribution in [0.1, 0.15) is 24.8 Å². The van der Waals surface area contributed by atoms with Crippen molar-refractivity contribution < 1.29 is 8.78 Å². The van der Waals surface area contributed by atoms with Crippen molar-refractivity contribution in [3.05, 3.63) is 35.4 Å². The van der Waals surface area contributed by atoms with Crippen molar-refractivity contribution in [2.24, 2.45) is 0 Å². The van der Waals surface area contributed by atoms with E-state index in [0.29, 0.717) is 0 Å². The zero-order valence-corrected chi connectivity index (χ0v) is 8.82. The molecule has 1 nitrogen and oxygen atoms in total. The fourth-order valence-corrected chi connectivity index (χ4v) is 2.37. The third kappa shape index (κ3) is 1.88. The van der Waals surface area contributed by atoms with E-state index in [1.54, 1.807) is 0 Å². The average Bonchev–Trinajstić information content (AvgIpc) is 2.09. The number of hydrogen-bond acceptors (Lipinski definition) is 1. The first-order chi connectivity index (χ1) is 7.16. The predicted molar refractivity (Wildman–Crippen MR) is 55.8 cm³/mol. The summed E-state index contributed by atoms with van der Waals surface area (Å²) in [5.41, 5.74) is 0.748. The molecule has 0 unspecified atom stereocenters. The maximum atomic E-state index is 13.1. The van der Waals surface area contributed by atoms with Gasteiger partial charge in [0.2, 0.25) is 0 Å². The molecule has 2 rings (SSSR count). The second-order valence-corrected chi connectivity index (χ2v) is 4.32. The lowest BCUT2D eigenvalue weighted by molar-refractivity contribution is 0.237. The summed E-state index contributed by atoms with van der Waals surface area (Å²) in [6.07, 6.45) is 3.16. The summed E-state index contributed by atoms with van der Waals surface area (Å²) in [5.74, 6) is -0.959. The second-order valence-electron chi connectivity index (χ2n) is 4.32. The van der Waals surface area contributed by atoms with E-state index in [0.717, 1.165) is 37.4 Å². The maximum Gasteiger partial charge on any atom is 0.126 e. The van der Waals surface area contributed by atoms with Crippen LogP contribution in [0.5, 0.6) is 0 Å². The number of benzene rings is 1. The van der Waals surface area contributed by atoms with Crippen LogP contribution in [0.3, 0.4) is 0 Å². The van der Waals surface area contributed by atoms with Gasteiger partial charge in [-0.15, -0.1) is 0 Å². The number of nitrogens with one attached hydrogen (secondary N) is 1. The van der Waals surface area contributed by atoms with Crippen molar-refractivity contribution in [3.63, 3.8) is 0 Å². The van der Waals surface area contributed by atoms with E-state index in [1.165, 1.54) is 12.1 Å². The first-order valence-electron chi connectivity index (χ1n) is 5.27. The van der Waals surface area contributed by atoms with E-state index >= 15 is 0 Å². The van der Waals surface area contributed by atoms with Crippen LogP contribution in [0.4, 0.5) is 8.78 Å². The van der Waals surface area contributed by atoms with Crippen LogP contribution in [-0.4, -0.2) is 13.6 Å². The SMILES string of the molecule is CNCC1(c2cc(F)cc(F)c2)CCC1. The van der Waals surface area contributed by atoms with Gasteiger partial charge in [-0.2, -0.15) is 0 Å². The largest absolute Gasteiger partial charge is 0.319 e. The van der Waals surface area contributed by atoms with Crippen molar-refractivity contribution in [2.45, 2.75) is 24.7 Å². The van der Waals surface area contributed by atoms with Crippen LogP contribution in [0.25, 0.3) is 0 Å². The van der Waals surface area contributed by atoms with Gasteiger partial charge in [0, 0.05) is 18.0 Å². The number of hydrogen-bond donors (Lipinski definition) is 1. The van der Waals surface area contributed by atoms with Crippen LogP contribution >= 0.6 is 0 Å². The Morgan fingerprint density at radius 2 is 1.80 bits per heavy atom. The molecule has 1 aromatic rings. The third-order valence-corrected chi connectivity index (χ3v) is 3.30. The molecule has 0 heterocycles. The number of likely N-dealkylation sites (N-methyl/N-ethyl adjacent to an activating group) is 1. The van der Waals surface area contributed by atoms with Crippen molar-refractivity contribution in [1.29, 1.82) is 0 Å². The minimum absolute atomic E-state index is 0.0440. The van der Waals surface area contributed by atoms with E-state index in [1.807, 2.05) is 7.05 Å². The summed E-state index contributed by atoms with van der Waals surface area (Å²) >= 11 is 0. The van der Waals surface area contributed by atoms with E-state index in [2.05, 4.69) is 5.32 Å². The Morgan fingerprint density at radius 3 is 2.20 bits per heavy atom. The van der Waals surface area contributed by atoms with Gasteiger partial charge in [-0.25, -0.2) is 8.78 Å². The molecule has 1 aliphatic rings. The first kappa shape index (κ1) is 10.6. The molecule has 1 aliphatic carbocycles. The van der Waals surface area contributed by atoms with Gasteiger partial charge in [-0.3, -0.25) is 0 Å². The molecule has 1 N–H and O–H groups in total. The fourth-order valence-electron chi connectivity index (χ4n) is 2.37. The highest BCUT2D eigenvalue weighted by Crippen LogP contribution is 2.43. The molecule has 1 fully saturated rings. The van der Waals surface area contributed by atoms with E-state index in [4.69, 9.17) is 0 Å². The Bertz CT molecular complexity index is 338. The highest BCUT2D eigenvalue weighted by Gasteiger charge is 2.38. The van der Waals surface area contributed by atoms with Crippen LogP contribution in [-0.2, 0) is 5.41 Å². The van der Waals surface area contributed by atoms with Gasteiger partial charge in [-0.05, 0) is 37.6 Å². The van der Waals surface area contributed by atoms with Gasteiger partial charge < -0.3 is 5.32 Å². The zero-order valence-electron chi connectivity index (χ0n) is 8.82. The monoisotopic (exact) mass is 211 g/mol.